The van der Waals surface area contributed by atoms with E-state index in [-0.39, 0.29) is 29.6 Å². The summed E-state index contributed by atoms with van der Waals surface area (Å²) >= 11 is 12.3. The Morgan fingerprint density at radius 2 is 1.74 bits per heavy atom. The molecule has 0 atom stereocenters. The van der Waals surface area contributed by atoms with E-state index in [0.717, 1.165) is 5.56 Å². The Bertz CT molecular complexity index is 1700. The molecule has 2 heterocycles. The molecule has 0 fully saturated rings. The zero-order chi connectivity index (χ0) is 29.6. The lowest BCUT2D eigenvalue weighted by Gasteiger charge is -2.22. The van der Waals surface area contributed by atoms with Gasteiger partial charge in [-0.3, -0.25) is 19.5 Å². The zero-order valence-electron chi connectivity index (χ0n) is 22.7. The molecule has 3 aromatic carbocycles. The van der Waals surface area contributed by atoms with Crippen LogP contribution < -0.4 is 14.8 Å². The third-order valence-electron chi connectivity index (χ3n) is 6.38. The summed E-state index contributed by atoms with van der Waals surface area (Å²) in [6.45, 7) is -0.268. The Labute approximate surface area is 252 Å². The standard InChI is InChI=1S/C31H26Cl2N4O5/c1-40-27-13-11-22(16-28(27)41-2)37-18-26(20-7-4-3-5-8-20)34-31(37)35-29(38)19-36(17-23-9-6-14-42-23)30(39)24-12-10-21(32)15-25(24)33/h3-16,18H,17,19H2,1-2H3,(H,34,35,38). The number of imidazole rings is 1. The molecule has 214 valence electrons. The van der Waals surface area contributed by atoms with Gasteiger partial charge in [0.2, 0.25) is 11.9 Å². The molecule has 0 aliphatic carbocycles. The van der Waals surface area contributed by atoms with Gasteiger partial charge in [0, 0.05) is 22.8 Å². The van der Waals surface area contributed by atoms with Crippen molar-refractivity contribution in [1.82, 2.24) is 14.5 Å². The van der Waals surface area contributed by atoms with Crippen molar-refractivity contribution in [2.75, 3.05) is 26.1 Å². The summed E-state index contributed by atoms with van der Waals surface area (Å²) in [5.41, 5.74) is 2.38. The maximum absolute atomic E-state index is 13.5. The lowest BCUT2D eigenvalue weighted by Crippen LogP contribution is -2.38. The first-order chi connectivity index (χ1) is 20.4. The van der Waals surface area contributed by atoms with Gasteiger partial charge < -0.3 is 18.8 Å². The highest BCUT2D eigenvalue weighted by molar-refractivity contribution is 6.36. The van der Waals surface area contributed by atoms with E-state index in [0.29, 0.717) is 33.7 Å². The smallest absolute Gasteiger partial charge is 0.256 e. The monoisotopic (exact) mass is 604 g/mol. The number of carbonyl (C=O) groups is 2. The fraction of sp³-hybridized carbons (Fsp3) is 0.129. The maximum Gasteiger partial charge on any atom is 0.256 e. The summed E-state index contributed by atoms with van der Waals surface area (Å²) in [7, 11) is 3.10. The first-order valence-electron chi connectivity index (χ1n) is 12.8. The quantitative estimate of drug-likeness (QED) is 0.189. The van der Waals surface area contributed by atoms with E-state index in [1.165, 1.54) is 23.3 Å². The van der Waals surface area contributed by atoms with Gasteiger partial charge in [0.25, 0.3) is 5.91 Å². The van der Waals surface area contributed by atoms with Crippen molar-refractivity contribution in [3.8, 4) is 28.4 Å². The van der Waals surface area contributed by atoms with Gasteiger partial charge >= 0.3 is 0 Å². The van der Waals surface area contributed by atoms with Crippen LogP contribution in [0.1, 0.15) is 16.1 Å². The molecule has 0 saturated carbocycles. The molecular weight excluding hydrogens is 579 g/mol. The Balaban J connectivity index is 1.47. The van der Waals surface area contributed by atoms with Crippen molar-refractivity contribution in [2.45, 2.75) is 6.54 Å². The SMILES string of the molecule is COc1ccc(-n2cc(-c3ccccc3)nc2NC(=O)CN(Cc2ccco2)C(=O)c2ccc(Cl)cc2Cl)cc1OC. The zero-order valence-corrected chi connectivity index (χ0v) is 24.2. The second-order valence-corrected chi connectivity index (χ2v) is 9.98. The van der Waals surface area contributed by atoms with Gasteiger partial charge in [0.05, 0.1) is 49.0 Å². The van der Waals surface area contributed by atoms with E-state index in [1.54, 1.807) is 49.1 Å². The highest BCUT2D eigenvalue weighted by Crippen LogP contribution is 2.32. The Morgan fingerprint density at radius 1 is 0.952 bits per heavy atom. The van der Waals surface area contributed by atoms with Gasteiger partial charge in [-0.05, 0) is 42.5 Å². The number of methoxy groups -OCH3 is 2. The number of ether oxygens (including phenoxy) is 2. The summed E-state index contributed by atoms with van der Waals surface area (Å²) in [4.78, 5) is 33.1. The number of hydrogen-bond donors (Lipinski definition) is 1. The number of carbonyl (C=O) groups excluding carboxylic acids is 2. The van der Waals surface area contributed by atoms with Crippen molar-refractivity contribution in [3.63, 3.8) is 0 Å². The van der Waals surface area contributed by atoms with Crippen LogP contribution in [-0.4, -0.2) is 47.0 Å². The summed E-state index contributed by atoms with van der Waals surface area (Å²) in [5.74, 6) is 0.879. The third-order valence-corrected chi connectivity index (χ3v) is 6.93. The molecule has 5 aromatic rings. The summed E-state index contributed by atoms with van der Waals surface area (Å²) in [6, 6.07) is 22.9. The van der Waals surface area contributed by atoms with Gasteiger partial charge in [-0.1, -0.05) is 53.5 Å². The predicted molar refractivity (Wildman–Crippen MR) is 161 cm³/mol. The van der Waals surface area contributed by atoms with Crippen molar-refractivity contribution in [2.24, 2.45) is 0 Å². The van der Waals surface area contributed by atoms with E-state index in [2.05, 4.69) is 5.32 Å². The second-order valence-electron chi connectivity index (χ2n) is 9.14. The highest BCUT2D eigenvalue weighted by atomic mass is 35.5. The van der Waals surface area contributed by atoms with E-state index in [1.807, 2.05) is 42.6 Å². The first kappa shape index (κ1) is 28.8. The molecule has 11 heteroatoms. The Hall–Kier alpha value is -4.73. The van der Waals surface area contributed by atoms with Crippen LogP contribution in [0.5, 0.6) is 11.5 Å². The molecule has 2 aromatic heterocycles. The molecule has 0 aliphatic rings. The van der Waals surface area contributed by atoms with Crippen LogP contribution in [0.15, 0.2) is 95.7 Å². The largest absolute Gasteiger partial charge is 0.493 e. The van der Waals surface area contributed by atoms with Crippen LogP contribution in [0, 0.1) is 0 Å². The minimum absolute atomic E-state index is 0.0393. The third kappa shape index (κ3) is 6.43. The Morgan fingerprint density at radius 3 is 2.43 bits per heavy atom. The van der Waals surface area contributed by atoms with E-state index >= 15 is 0 Å². The summed E-state index contributed by atoms with van der Waals surface area (Å²) < 4.78 is 18.0. The molecule has 42 heavy (non-hydrogen) atoms. The minimum atomic E-state index is -0.480. The topological polar surface area (TPSA) is 98.8 Å². The maximum atomic E-state index is 13.5. The molecule has 0 aliphatic heterocycles. The fourth-order valence-corrected chi connectivity index (χ4v) is 4.84. The lowest BCUT2D eigenvalue weighted by molar-refractivity contribution is -0.117. The second kappa shape index (κ2) is 12.8. The van der Waals surface area contributed by atoms with Gasteiger partial charge in [0.15, 0.2) is 11.5 Å². The number of hydrogen-bond acceptors (Lipinski definition) is 6. The normalized spacial score (nSPS) is 10.8. The van der Waals surface area contributed by atoms with E-state index in [9.17, 15) is 9.59 Å². The highest BCUT2D eigenvalue weighted by Gasteiger charge is 2.24. The summed E-state index contributed by atoms with van der Waals surface area (Å²) in [6.07, 6.45) is 3.31. The Kier molecular flexibility index (Phi) is 8.80. The molecule has 0 bridgehead atoms. The van der Waals surface area contributed by atoms with Crippen molar-refractivity contribution < 1.29 is 23.5 Å². The number of nitrogens with one attached hydrogen (secondary N) is 1. The number of anilines is 1. The van der Waals surface area contributed by atoms with Gasteiger partial charge in [-0.15, -0.1) is 0 Å². The predicted octanol–water partition coefficient (Wildman–Crippen LogP) is 6.74. The average Bonchev–Trinajstić information content (AvgIpc) is 3.67. The minimum Gasteiger partial charge on any atom is -0.493 e. The van der Waals surface area contributed by atoms with Crippen LogP contribution in [0.25, 0.3) is 16.9 Å². The van der Waals surface area contributed by atoms with Gasteiger partial charge in [-0.2, -0.15) is 0 Å². The van der Waals surface area contributed by atoms with Crippen LogP contribution in [0.4, 0.5) is 5.95 Å². The molecule has 1 N–H and O–H groups in total. The first-order valence-corrected chi connectivity index (χ1v) is 13.6. The molecule has 0 saturated heterocycles. The molecule has 9 nitrogen and oxygen atoms in total. The van der Waals surface area contributed by atoms with Gasteiger partial charge in [-0.25, -0.2) is 4.98 Å². The number of furan rings is 1. The van der Waals surface area contributed by atoms with Crippen molar-refractivity contribution in [3.05, 3.63) is 113 Å². The number of halogens is 2. The van der Waals surface area contributed by atoms with Gasteiger partial charge in [0.1, 0.15) is 12.3 Å². The number of benzene rings is 3. The molecule has 5 rings (SSSR count). The molecule has 0 unspecified atom stereocenters. The van der Waals surface area contributed by atoms with Crippen LogP contribution in [-0.2, 0) is 11.3 Å². The number of rotatable bonds is 10. The van der Waals surface area contributed by atoms with E-state index < -0.39 is 11.8 Å². The van der Waals surface area contributed by atoms with Crippen LogP contribution in [0.2, 0.25) is 10.0 Å². The fourth-order valence-electron chi connectivity index (χ4n) is 4.35. The van der Waals surface area contributed by atoms with Crippen LogP contribution in [0.3, 0.4) is 0 Å². The molecule has 0 spiro atoms. The number of amides is 2. The molecule has 2 amide bonds. The van der Waals surface area contributed by atoms with Crippen molar-refractivity contribution >= 4 is 41.0 Å². The number of aromatic nitrogens is 2. The number of nitrogens with zero attached hydrogens (tertiary/aromatic N) is 3. The van der Waals surface area contributed by atoms with Crippen molar-refractivity contribution in [1.29, 1.82) is 0 Å². The summed E-state index contributed by atoms with van der Waals surface area (Å²) in [5, 5.41) is 3.43. The molecule has 0 radical (unpaired) electrons. The lowest BCUT2D eigenvalue weighted by atomic mass is 10.2. The van der Waals surface area contributed by atoms with E-state index in [4.69, 9.17) is 42.1 Å². The van der Waals surface area contributed by atoms with Crippen LogP contribution >= 0.6 is 23.2 Å². The molecular formula is C31H26Cl2N4O5. The average molecular weight is 605 g/mol.